The predicted octanol–water partition coefficient (Wildman–Crippen LogP) is 3.46. The molecule has 0 fully saturated rings. The van der Waals surface area contributed by atoms with Gasteiger partial charge >= 0.3 is 0 Å². The first-order chi connectivity index (χ1) is 18.4. The van der Waals surface area contributed by atoms with E-state index in [0.29, 0.717) is 24.3 Å². The lowest BCUT2D eigenvalue weighted by atomic mass is 10.0. The third kappa shape index (κ3) is 3.87. The zero-order valence-electron chi connectivity index (χ0n) is 22.4. The van der Waals surface area contributed by atoms with Crippen LogP contribution in [0.4, 0.5) is 0 Å². The second kappa shape index (κ2) is 9.20. The van der Waals surface area contributed by atoms with E-state index in [-0.39, 0.29) is 5.91 Å². The summed E-state index contributed by atoms with van der Waals surface area (Å²) in [4.78, 5) is 20.6. The Labute approximate surface area is 220 Å². The van der Waals surface area contributed by atoms with Crippen molar-refractivity contribution in [2.24, 2.45) is 7.05 Å². The van der Waals surface area contributed by atoms with Crippen LogP contribution in [0.1, 0.15) is 56.6 Å². The molecule has 10 nitrogen and oxygen atoms in total. The molecule has 10 heteroatoms. The van der Waals surface area contributed by atoms with Gasteiger partial charge < -0.3 is 9.47 Å². The molecule has 0 atom stereocenters. The van der Waals surface area contributed by atoms with E-state index in [4.69, 9.17) is 10.1 Å². The van der Waals surface area contributed by atoms with Crippen LogP contribution in [0.2, 0.25) is 0 Å². The summed E-state index contributed by atoms with van der Waals surface area (Å²) >= 11 is 0. The molecule has 0 N–H and O–H groups in total. The topological polar surface area (TPSA) is 99.0 Å². The van der Waals surface area contributed by atoms with Gasteiger partial charge in [0.25, 0.3) is 5.91 Å². The van der Waals surface area contributed by atoms with E-state index in [0.717, 1.165) is 59.1 Å². The molecule has 0 bridgehead atoms. The number of nitrogens with zero attached hydrogens (tertiary/aromatic N) is 9. The van der Waals surface area contributed by atoms with Gasteiger partial charge in [0, 0.05) is 55.6 Å². The number of aromatic nitrogens is 8. The summed E-state index contributed by atoms with van der Waals surface area (Å²) in [7, 11) is 1.95. The summed E-state index contributed by atoms with van der Waals surface area (Å²) in [5, 5.41) is 17.7. The Balaban J connectivity index is 1.32. The normalized spacial score (nSPS) is 13.3. The Morgan fingerprint density at radius 2 is 1.89 bits per heavy atom. The quantitative estimate of drug-likeness (QED) is 0.360. The largest absolute Gasteiger partial charge is 0.334 e. The fourth-order valence-electron chi connectivity index (χ4n) is 5.41. The monoisotopic (exact) mass is 509 g/mol. The van der Waals surface area contributed by atoms with Crippen molar-refractivity contribution in [1.82, 2.24) is 44.0 Å². The van der Waals surface area contributed by atoms with Gasteiger partial charge in [-0.05, 0) is 38.8 Å². The highest BCUT2D eigenvalue weighted by Crippen LogP contribution is 2.30. The first kappa shape index (κ1) is 24.0. The van der Waals surface area contributed by atoms with Crippen LogP contribution in [0.3, 0.4) is 0 Å². The molecule has 0 unspecified atom stereocenters. The van der Waals surface area contributed by atoms with Crippen LogP contribution in [0.15, 0.2) is 36.8 Å². The molecule has 5 aromatic rings. The zero-order chi connectivity index (χ0) is 26.6. The lowest BCUT2D eigenvalue weighted by Gasteiger charge is -2.27. The van der Waals surface area contributed by atoms with Crippen LogP contribution < -0.4 is 0 Å². The molecule has 0 saturated carbocycles. The molecule has 4 aromatic heterocycles. The van der Waals surface area contributed by atoms with Gasteiger partial charge in [-0.1, -0.05) is 29.8 Å². The number of rotatable bonds is 5. The van der Waals surface area contributed by atoms with Gasteiger partial charge in [0.2, 0.25) is 0 Å². The maximum Gasteiger partial charge on any atom is 0.259 e. The molecule has 6 rings (SSSR count). The van der Waals surface area contributed by atoms with Crippen molar-refractivity contribution < 1.29 is 4.79 Å². The van der Waals surface area contributed by atoms with Gasteiger partial charge in [-0.3, -0.25) is 9.48 Å². The van der Waals surface area contributed by atoms with Crippen LogP contribution in [0, 0.1) is 20.8 Å². The molecular weight excluding hydrogens is 478 g/mol. The molecule has 1 aliphatic rings. The van der Waals surface area contributed by atoms with E-state index >= 15 is 0 Å². The molecule has 38 heavy (non-hydrogen) atoms. The van der Waals surface area contributed by atoms with Crippen molar-refractivity contribution in [1.29, 1.82) is 0 Å². The van der Waals surface area contributed by atoms with E-state index in [1.165, 1.54) is 11.1 Å². The lowest BCUT2D eigenvalue weighted by molar-refractivity contribution is 0.0735. The molecule has 0 aliphatic carbocycles. The van der Waals surface area contributed by atoms with E-state index in [2.05, 4.69) is 46.5 Å². The van der Waals surface area contributed by atoms with Gasteiger partial charge in [-0.2, -0.15) is 10.2 Å². The van der Waals surface area contributed by atoms with Crippen molar-refractivity contribution in [2.45, 2.75) is 53.6 Å². The van der Waals surface area contributed by atoms with E-state index in [1.54, 1.807) is 17.0 Å². The number of aryl methyl sites for hydroxylation is 5. The Morgan fingerprint density at radius 1 is 1.11 bits per heavy atom. The first-order valence-electron chi connectivity index (χ1n) is 13.0. The maximum absolute atomic E-state index is 13.8. The van der Waals surface area contributed by atoms with Gasteiger partial charge in [0.15, 0.2) is 11.5 Å². The molecule has 0 radical (unpaired) electrons. The van der Waals surface area contributed by atoms with E-state index < -0.39 is 0 Å². The fraction of sp³-hybridized carbons (Fsp3) is 0.357. The zero-order valence-corrected chi connectivity index (χ0v) is 22.4. The molecular formula is C28H31N9O. The highest BCUT2D eigenvalue weighted by Gasteiger charge is 2.31. The van der Waals surface area contributed by atoms with Crippen LogP contribution >= 0.6 is 0 Å². The number of hydrogen-bond acceptors (Lipinski definition) is 6. The summed E-state index contributed by atoms with van der Waals surface area (Å²) in [6.07, 6.45) is 4.85. The molecule has 1 aliphatic heterocycles. The average Bonchev–Trinajstić information content (AvgIpc) is 3.64. The lowest BCUT2D eigenvalue weighted by Crippen LogP contribution is -2.36. The Bertz CT molecular complexity index is 1670. The molecule has 0 saturated heterocycles. The summed E-state index contributed by atoms with van der Waals surface area (Å²) in [5.41, 5.74) is 9.55. The van der Waals surface area contributed by atoms with Crippen molar-refractivity contribution in [3.8, 4) is 11.5 Å². The Morgan fingerprint density at radius 3 is 2.66 bits per heavy atom. The summed E-state index contributed by atoms with van der Waals surface area (Å²) in [5.74, 6) is 0.652. The van der Waals surface area contributed by atoms with Crippen molar-refractivity contribution in [3.05, 3.63) is 81.7 Å². The van der Waals surface area contributed by atoms with Gasteiger partial charge in [0.05, 0.1) is 12.7 Å². The van der Waals surface area contributed by atoms with Crippen molar-refractivity contribution in [2.75, 3.05) is 6.54 Å². The minimum absolute atomic E-state index is 0.0741. The first-order valence-corrected chi connectivity index (χ1v) is 13.0. The SMILES string of the molecule is CCn1cnnc1-c1nn(C)c2c1CN(C(=O)c1cnn3c(C)c(Cc4ccc(C)cc4)c(C)nc13)CC2. The molecule has 1 aromatic carbocycles. The van der Waals surface area contributed by atoms with Gasteiger partial charge in [0.1, 0.15) is 17.6 Å². The number of carbonyl (C=O) groups is 1. The standard InChI is InChI=1S/C28H31N9O/c1-6-35-16-29-32-27(35)25-23-15-36(12-11-24(23)34(5)33-25)28(38)22-14-30-37-19(4)21(18(3)31-26(22)37)13-20-9-7-17(2)8-10-20/h7-10,14,16H,6,11-13,15H2,1-5H3. The third-order valence-corrected chi connectivity index (χ3v) is 7.64. The molecule has 1 amide bonds. The van der Waals surface area contributed by atoms with Crippen LogP contribution in [0.25, 0.3) is 17.2 Å². The summed E-state index contributed by atoms with van der Waals surface area (Å²) in [6, 6.07) is 8.55. The van der Waals surface area contributed by atoms with Gasteiger partial charge in [-0.25, -0.2) is 9.50 Å². The third-order valence-electron chi connectivity index (χ3n) is 7.64. The summed E-state index contributed by atoms with van der Waals surface area (Å²) in [6.45, 7) is 10.00. The minimum atomic E-state index is -0.0741. The Hall–Kier alpha value is -4.34. The second-order valence-electron chi connectivity index (χ2n) is 10.0. The number of amides is 1. The smallest absolute Gasteiger partial charge is 0.259 e. The second-order valence-corrected chi connectivity index (χ2v) is 10.0. The van der Waals surface area contributed by atoms with Crippen LogP contribution in [-0.4, -0.2) is 56.5 Å². The van der Waals surface area contributed by atoms with Crippen LogP contribution in [-0.2, 0) is 33.0 Å². The fourth-order valence-corrected chi connectivity index (χ4v) is 5.41. The van der Waals surface area contributed by atoms with Gasteiger partial charge in [-0.15, -0.1) is 10.2 Å². The highest BCUT2D eigenvalue weighted by atomic mass is 16.2. The Kier molecular flexibility index (Phi) is 5.81. The molecule has 5 heterocycles. The average molecular weight is 510 g/mol. The number of carbonyl (C=O) groups excluding carboxylic acids is 1. The predicted molar refractivity (Wildman–Crippen MR) is 143 cm³/mol. The number of benzene rings is 1. The van der Waals surface area contributed by atoms with Crippen LogP contribution in [0.5, 0.6) is 0 Å². The minimum Gasteiger partial charge on any atom is -0.334 e. The number of fused-ring (bicyclic) bond motifs is 2. The summed E-state index contributed by atoms with van der Waals surface area (Å²) < 4.78 is 5.68. The van der Waals surface area contributed by atoms with Crippen molar-refractivity contribution in [3.63, 3.8) is 0 Å². The van der Waals surface area contributed by atoms with E-state index in [9.17, 15) is 4.79 Å². The van der Waals surface area contributed by atoms with E-state index in [1.807, 2.05) is 42.0 Å². The molecule has 194 valence electrons. The van der Waals surface area contributed by atoms with Crippen molar-refractivity contribution >= 4 is 11.6 Å². The molecule has 0 spiro atoms. The maximum atomic E-state index is 13.8. The highest BCUT2D eigenvalue weighted by molar-refractivity contribution is 6.00. The number of hydrogen-bond donors (Lipinski definition) is 0.